The van der Waals surface area contributed by atoms with E-state index in [4.69, 9.17) is 13.7 Å². The fourth-order valence-electron chi connectivity index (χ4n) is 2.81. The first-order chi connectivity index (χ1) is 12.0. The van der Waals surface area contributed by atoms with Gasteiger partial charge in [0, 0.05) is 6.61 Å². The van der Waals surface area contributed by atoms with Crippen LogP contribution in [0, 0.1) is 6.92 Å². The van der Waals surface area contributed by atoms with Crippen molar-refractivity contribution in [2.75, 3.05) is 13.2 Å². The second-order valence-electron chi connectivity index (χ2n) is 6.57. The van der Waals surface area contributed by atoms with E-state index in [0.29, 0.717) is 6.42 Å². The van der Waals surface area contributed by atoms with Crippen LogP contribution in [0.4, 0.5) is 0 Å². The van der Waals surface area contributed by atoms with E-state index in [0.717, 1.165) is 50.7 Å². The predicted octanol–water partition coefficient (Wildman–Crippen LogP) is 4.19. The Morgan fingerprint density at radius 2 is 1.96 bits per heavy atom. The highest BCUT2D eigenvalue weighted by atomic mass is 32.2. The quantitative estimate of drug-likeness (QED) is 0.578. The Morgan fingerprint density at radius 3 is 2.60 bits per heavy atom. The van der Waals surface area contributed by atoms with Crippen LogP contribution in [0.3, 0.4) is 0 Å². The van der Waals surface area contributed by atoms with Crippen LogP contribution in [0.25, 0.3) is 0 Å². The molecule has 1 aliphatic heterocycles. The van der Waals surface area contributed by atoms with Gasteiger partial charge in [-0.25, -0.2) is 0 Å². The second kappa shape index (κ2) is 10.3. The van der Waals surface area contributed by atoms with E-state index in [9.17, 15) is 8.42 Å². The summed E-state index contributed by atoms with van der Waals surface area (Å²) in [6.07, 6.45) is 6.47. The standard InChI is InChI=1S/C19H30O5S/c1-3-4-7-17(24-19-8-5-6-14-22-19)13-15-23-25(20,21)18-11-9-16(2)10-12-18/h9-12,17,19H,3-8,13-15H2,1-2H3/t17?,19-/m0/s1. The number of rotatable bonds is 10. The number of hydrogen-bond donors (Lipinski definition) is 0. The Morgan fingerprint density at radius 1 is 1.20 bits per heavy atom. The van der Waals surface area contributed by atoms with Gasteiger partial charge in [-0.2, -0.15) is 8.42 Å². The molecule has 0 aromatic heterocycles. The number of unbranched alkanes of at least 4 members (excludes halogenated alkanes) is 1. The van der Waals surface area contributed by atoms with Crippen molar-refractivity contribution in [3.05, 3.63) is 29.8 Å². The summed E-state index contributed by atoms with van der Waals surface area (Å²) >= 11 is 0. The number of ether oxygens (including phenoxy) is 2. The maximum atomic E-state index is 12.2. The van der Waals surface area contributed by atoms with Gasteiger partial charge in [0.2, 0.25) is 0 Å². The summed E-state index contributed by atoms with van der Waals surface area (Å²) in [6.45, 7) is 4.91. The SMILES string of the molecule is CCCCC(CCOS(=O)(=O)c1ccc(C)cc1)O[C@H]1CCCCO1. The summed E-state index contributed by atoms with van der Waals surface area (Å²) in [4.78, 5) is 0.194. The Balaban J connectivity index is 1.84. The van der Waals surface area contributed by atoms with E-state index in [1.54, 1.807) is 24.3 Å². The normalized spacial score (nSPS) is 19.7. The molecule has 2 atom stereocenters. The van der Waals surface area contributed by atoms with Gasteiger partial charge in [-0.15, -0.1) is 0 Å². The van der Waals surface area contributed by atoms with E-state index in [-0.39, 0.29) is 23.9 Å². The van der Waals surface area contributed by atoms with E-state index in [1.165, 1.54) is 0 Å². The van der Waals surface area contributed by atoms with Gasteiger partial charge in [-0.05, 0) is 51.2 Å². The highest BCUT2D eigenvalue weighted by Crippen LogP contribution is 2.20. The summed E-state index contributed by atoms with van der Waals surface area (Å²) in [5.74, 6) is 0. The van der Waals surface area contributed by atoms with Crippen LogP contribution >= 0.6 is 0 Å². The highest BCUT2D eigenvalue weighted by Gasteiger charge is 2.21. The van der Waals surface area contributed by atoms with Gasteiger partial charge in [-0.3, -0.25) is 4.18 Å². The molecule has 1 aromatic rings. The van der Waals surface area contributed by atoms with Gasteiger partial charge in [0.25, 0.3) is 10.1 Å². The molecule has 0 spiro atoms. The predicted molar refractivity (Wildman–Crippen MR) is 96.9 cm³/mol. The molecule has 0 amide bonds. The minimum absolute atomic E-state index is 0.0312. The van der Waals surface area contributed by atoms with Crippen molar-refractivity contribution in [1.82, 2.24) is 0 Å². The first-order valence-corrected chi connectivity index (χ1v) is 10.7. The monoisotopic (exact) mass is 370 g/mol. The molecule has 142 valence electrons. The first-order valence-electron chi connectivity index (χ1n) is 9.24. The summed E-state index contributed by atoms with van der Waals surface area (Å²) in [6, 6.07) is 6.69. The number of hydrogen-bond acceptors (Lipinski definition) is 5. The average Bonchev–Trinajstić information content (AvgIpc) is 2.60. The Bertz CT molecular complexity index is 591. The summed E-state index contributed by atoms with van der Waals surface area (Å²) < 4.78 is 41.4. The molecule has 1 aromatic carbocycles. The molecule has 1 fully saturated rings. The van der Waals surface area contributed by atoms with Gasteiger partial charge in [0.1, 0.15) is 0 Å². The van der Waals surface area contributed by atoms with Crippen LogP contribution in [-0.4, -0.2) is 34.0 Å². The zero-order chi connectivity index (χ0) is 18.1. The smallest absolute Gasteiger partial charge is 0.296 e. The average molecular weight is 371 g/mol. The molecule has 25 heavy (non-hydrogen) atoms. The number of benzene rings is 1. The van der Waals surface area contributed by atoms with Gasteiger partial charge in [-0.1, -0.05) is 37.5 Å². The Hall–Kier alpha value is -0.950. The van der Waals surface area contributed by atoms with Crippen molar-refractivity contribution < 1.29 is 22.1 Å². The molecule has 0 aliphatic carbocycles. The van der Waals surface area contributed by atoms with Crippen LogP contribution in [0.2, 0.25) is 0 Å². The molecule has 0 radical (unpaired) electrons. The fraction of sp³-hybridized carbons (Fsp3) is 0.684. The third kappa shape index (κ3) is 7.05. The van der Waals surface area contributed by atoms with Gasteiger partial charge in [0.15, 0.2) is 6.29 Å². The van der Waals surface area contributed by atoms with Crippen molar-refractivity contribution in [1.29, 1.82) is 0 Å². The molecule has 1 aliphatic rings. The Labute approximate surface area is 151 Å². The van der Waals surface area contributed by atoms with E-state index in [2.05, 4.69) is 6.92 Å². The molecule has 0 saturated carbocycles. The lowest BCUT2D eigenvalue weighted by atomic mass is 10.1. The minimum atomic E-state index is -3.71. The molecule has 1 saturated heterocycles. The van der Waals surface area contributed by atoms with Gasteiger partial charge >= 0.3 is 0 Å². The first kappa shape index (κ1) is 20.4. The van der Waals surface area contributed by atoms with Gasteiger partial charge in [0.05, 0.1) is 17.6 Å². The van der Waals surface area contributed by atoms with Crippen molar-refractivity contribution in [3.8, 4) is 0 Å². The lowest BCUT2D eigenvalue weighted by molar-refractivity contribution is -0.191. The van der Waals surface area contributed by atoms with Crippen molar-refractivity contribution in [3.63, 3.8) is 0 Å². The van der Waals surface area contributed by atoms with E-state index >= 15 is 0 Å². The zero-order valence-corrected chi connectivity index (χ0v) is 16.1. The summed E-state index contributed by atoms with van der Waals surface area (Å²) in [5, 5.41) is 0. The Kier molecular flexibility index (Phi) is 8.36. The maximum absolute atomic E-state index is 12.2. The van der Waals surface area contributed by atoms with Crippen molar-refractivity contribution in [2.24, 2.45) is 0 Å². The molecule has 5 nitrogen and oxygen atoms in total. The molecule has 2 rings (SSSR count). The summed E-state index contributed by atoms with van der Waals surface area (Å²) in [5.41, 5.74) is 1.01. The molecular weight excluding hydrogens is 340 g/mol. The fourth-order valence-corrected chi connectivity index (χ4v) is 3.73. The van der Waals surface area contributed by atoms with Crippen LogP contribution in [-0.2, 0) is 23.8 Å². The lowest BCUT2D eigenvalue weighted by Crippen LogP contribution is -2.29. The third-order valence-corrected chi connectivity index (χ3v) is 5.68. The molecule has 1 unspecified atom stereocenters. The maximum Gasteiger partial charge on any atom is 0.296 e. The molecule has 1 heterocycles. The van der Waals surface area contributed by atoms with Crippen LogP contribution in [0.5, 0.6) is 0 Å². The largest absolute Gasteiger partial charge is 0.353 e. The van der Waals surface area contributed by atoms with Gasteiger partial charge < -0.3 is 9.47 Å². The molecule has 0 N–H and O–H groups in total. The summed E-state index contributed by atoms with van der Waals surface area (Å²) in [7, 11) is -3.71. The second-order valence-corrected chi connectivity index (χ2v) is 8.19. The van der Waals surface area contributed by atoms with Crippen LogP contribution in [0.15, 0.2) is 29.2 Å². The zero-order valence-electron chi connectivity index (χ0n) is 15.3. The van der Waals surface area contributed by atoms with Crippen LogP contribution < -0.4 is 0 Å². The number of aryl methyl sites for hydroxylation is 1. The topological polar surface area (TPSA) is 61.8 Å². The molecule has 0 bridgehead atoms. The molecule has 6 heteroatoms. The third-order valence-electron chi connectivity index (χ3n) is 4.35. The van der Waals surface area contributed by atoms with Crippen molar-refractivity contribution >= 4 is 10.1 Å². The van der Waals surface area contributed by atoms with E-state index in [1.807, 2.05) is 6.92 Å². The molecular formula is C19H30O5S. The lowest BCUT2D eigenvalue weighted by Gasteiger charge is -2.27. The van der Waals surface area contributed by atoms with E-state index < -0.39 is 10.1 Å². The van der Waals surface area contributed by atoms with Crippen molar-refractivity contribution in [2.45, 2.75) is 76.1 Å². The highest BCUT2D eigenvalue weighted by molar-refractivity contribution is 7.86. The van der Waals surface area contributed by atoms with Crippen LogP contribution in [0.1, 0.15) is 57.4 Å². The minimum Gasteiger partial charge on any atom is -0.353 e.